The molecule has 1 amide bonds. The first kappa shape index (κ1) is 21.5. The van der Waals surface area contributed by atoms with Crippen molar-refractivity contribution in [3.8, 4) is 0 Å². The van der Waals surface area contributed by atoms with Crippen LogP contribution in [-0.2, 0) is 14.3 Å². The first-order valence-corrected chi connectivity index (χ1v) is 9.07. The van der Waals surface area contributed by atoms with Crippen LogP contribution in [0.5, 0.6) is 0 Å². The van der Waals surface area contributed by atoms with Gasteiger partial charge in [-0.25, -0.2) is 4.79 Å². The number of likely N-dealkylation sites (tertiary alicyclic amines) is 1. The molecule has 25 heavy (non-hydrogen) atoms. The van der Waals surface area contributed by atoms with Crippen LogP contribution in [0.1, 0.15) is 74.1 Å². The molecular weight excluding hydrogens is 318 g/mol. The molecule has 0 aliphatic carbocycles. The third kappa shape index (κ3) is 7.49. The second-order valence-electron chi connectivity index (χ2n) is 9.38. The van der Waals surface area contributed by atoms with Crippen molar-refractivity contribution in [1.29, 1.82) is 0 Å². The van der Waals surface area contributed by atoms with Crippen molar-refractivity contribution in [3.63, 3.8) is 0 Å². The first-order valence-electron chi connectivity index (χ1n) is 9.07. The molecule has 0 bridgehead atoms. The van der Waals surface area contributed by atoms with Crippen molar-refractivity contribution >= 4 is 12.1 Å². The maximum atomic E-state index is 12.5. The Labute approximate surface area is 152 Å². The Morgan fingerprint density at radius 3 is 2.20 bits per heavy atom. The summed E-state index contributed by atoms with van der Waals surface area (Å²) in [7, 11) is 0. The molecule has 1 rings (SSSR count). The molecule has 0 aromatic rings. The Hall–Kier alpha value is -1.52. The van der Waals surface area contributed by atoms with Crippen LogP contribution in [0, 0.1) is 5.41 Å². The summed E-state index contributed by atoms with van der Waals surface area (Å²) < 4.78 is 11.0. The summed E-state index contributed by atoms with van der Waals surface area (Å²) in [6, 6.07) is -0.00598. The van der Waals surface area contributed by atoms with Crippen molar-refractivity contribution in [2.75, 3.05) is 6.54 Å². The highest BCUT2D eigenvalue weighted by atomic mass is 16.6. The summed E-state index contributed by atoms with van der Waals surface area (Å²) in [5.74, 6) is -0.182. The fourth-order valence-corrected chi connectivity index (χ4v) is 3.20. The van der Waals surface area contributed by atoms with E-state index in [4.69, 9.17) is 9.47 Å². The number of esters is 1. The second-order valence-corrected chi connectivity index (χ2v) is 9.38. The van der Waals surface area contributed by atoms with Gasteiger partial charge in [-0.3, -0.25) is 4.79 Å². The average molecular weight is 354 g/mol. The van der Waals surface area contributed by atoms with E-state index in [0.29, 0.717) is 19.4 Å². The predicted molar refractivity (Wildman–Crippen MR) is 99.3 cm³/mol. The van der Waals surface area contributed by atoms with Gasteiger partial charge >= 0.3 is 12.1 Å². The molecule has 1 heterocycles. The molecule has 0 saturated carbocycles. The number of carbonyl (C=O) groups is 2. The summed E-state index contributed by atoms with van der Waals surface area (Å²) in [4.78, 5) is 26.5. The Kier molecular flexibility index (Phi) is 6.71. The quantitative estimate of drug-likeness (QED) is 0.543. The molecule has 1 unspecified atom stereocenters. The summed E-state index contributed by atoms with van der Waals surface area (Å²) >= 11 is 0. The van der Waals surface area contributed by atoms with Gasteiger partial charge in [0.15, 0.2) is 0 Å². The van der Waals surface area contributed by atoms with Gasteiger partial charge in [-0.15, -0.1) is 6.58 Å². The minimum atomic E-state index is -0.521. The van der Waals surface area contributed by atoms with Gasteiger partial charge in [0.2, 0.25) is 0 Å². The fourth-order valence-electron chi connectivity index (χ4n) is 3.20. The van der Waals surface area contributed by atoms with Crippen molar-refractivity contribution < 1.29 is 19.1 Å². The zero-order chi connectivity index (χ0) is 19.5. The lowest BCUT2D eigenvalue weighted by Gasteiger charge is -2.44. The molecule has 5 heteroatoms. The Morgan fingerprint density at radius 1 is 1.16 bits per heavy atom. The van der Waals surface area contributed by atoms with E-state index in [-0.39, 0.29) is 23.5 Å². The van der Waals surface area contributed by atoms with Crippen molar-refractivity contribution in [2.24, 2.45) is 5.41 Å². The molecule has 1 aliphatic rings. The van der Waals surface area contributed by atoms with Crippen LogP contribution in [0.15, 0.2) is 12.7 Å². The molecule has 1 saturated heterocycles. The molecular formula is C20H35NO4. The smallest absolute Gasteiger partial charge is 0.410 e. The lowest BCUT2D eigenvalue weighted by Crippen LogP contribution is -2.51. The van der Waals surface area contributed by atoms with Crippen LogP contribution in [0.2, 0.25) is 0 Å². The van der Waals surface area contributed by atoms with Gasteiger partial charge in [-0.05, 0) is 66.2 Å². The van der Waals surface area contributed by atoms with Gasteiger partial charge in [0.1, 0.15) is 11.2 Å². The molecule has 5 nitrogen and oxygen atoms in total. The third-order valence-electron chi connectivity index (χ3n) is 4.18. The molecule has 0 aromatic carbocycles. The standard InChI is InChI=1S/C20H35NO4/c1-9-10-15-13-20(8,14-16(22)24-18(2,3)4)11-12-21(15)17(23)25-19(5,6)7/h9,15H,1,10-14H2,2-8H3/t15-,20?/m0/s1. The minimum Gasteiger partial charge on any atom is -0.460 e. The van der Waals surface area contributed by atoms with Gasteiger partial charge in [-0.1, -0.05) is 13.0 Å². The lowest BCUT2D eigenvalue weighted by molar-refractivity contribution is -0.158. The average Bonchev–Trinajstić information content (AvgIpc) is 2.33. The number of nitrogens with zero attached hydrogens (tertiary/aromatic N) is 1. The van der Waals surface area contributed by atoms with Gasteiger partial charge in [0.05, 0.1) is 6.42 Å². The van der Waals surface area contributed by atoms with E-state index in [2.05, 4.69) is 13.5 Å². The highest BCUT2D eigenvalue weighted by Gasteiger charge is 2.41. The highest BCUT2D eigenvalue weighted by molar-refractivity contribution is 5.71. The summed E-state index contributed by atoms with van der Waals surface area (Å²) in [6.45, 7) is 17.7. The van der Waals surface area contributed by atoms with E-state index in [1.54, 1.807) is 4.90 Å². The fraction of sp³-hybridized carbons (Fsp3) is 0.800. The first-order chi connectivity index (χ1) is 11.2. The highest BCUT2D eigenvalue weighted by Crippen LogP contribution is 2.39. The zero-order valence-electron chi connectivity index (χ0n) is 17.0. The maximum absolute atomic E-state index is 12.5. The maximum Gasteiger partial charge on any atom is 0.410 e. The van der Waals surface area contributed by atoms with Crippen molar-refractivity contribution in [2.45, 2.75) is 91.4 Å². The van der Waals surface area contributed by atoms with Crippen molar-refractivity contribution in [1.82, 2.24) is 4.90 Å². The van der Waals surface area contributed by atoms with Crippen LogP contribution >= 0.6 is 0 Å². The predicted octanol–water partition coefficient (Wildman–Crippen LogP) is 4.70. The van der Waals surface area contributed by atoms with Crippen LogP contribution in [0.3, 0.4) is 0 Å². The van der Waals surface area contributed by atoms with E-state index in [1.807, 2.05) is 47.6 Å². The minimum absolute atomic E-state index is 0.00598. The number of carbonyl (C=O) groups excluding carboxylic acids is 2. The molecule has 0 radical (unpaired) electrons. The molecule has 144 valence electrons. The van der Waals surface area contributed by atoms with E-state index in [0.717, 1.165) is 12.8 Å². The number of hydrogen-bond acceptors (Lipinski definition) is 4. The lowest BCUT2D eigenvalue weighted by atomic mass is 9.74. The van der Waals surface area contributed by atoms with Crippen LogP contribution in [-0.4, -0.2) is 40.8 Å². The number of amides is 1. The van der Waals surface area contributed by atoms with Crippen LogP contribution in [0.25, 0.3) is 0 Å². The van der Waals surface area contributed by atoms with Crippen LogP contribution in [0.4, 0.5) is 4.79 Å². The topological polar surface area (TPSA) is 55.8 Å². The van der Waals surface area contributed by atoms with E-state index in [9.17, 15) is 9.59 Å². The number of rotatable bonds is 4. The van der Waals surface area contributed by atoms with E-state index < -0.39 is 11.2 Å². The summed E-state index contributed by atoms with van der Waals surface area (Å²) in [5.41, 5.74) is -1.19. The van der Waals surface area contributed by atoms with Crippen molar-refractivity contribution in [3.05, 3.63) is 12.7 Å². The SMILES string of the molecule is C=CC[C@H]1CC(C)(CC(=O)OC(C)(C)C)CCN1C(=O)OC(C)(C)C. The van der Waals surface area contributed by atoms with Gasteiger partial charge in [0.25, 0.3) is 0 Å². The molecule has 0 N–H and O–H groups in total. The summed E-state index contributed by atoms with van der Waals surface area (Å²) in [5, 5.41) is 0. The third-order valence-corrected chi connectivity index (χ3v) is 4.18. The Balaban J connectivity index is 2.80. The molecule has 0 aromatic heterocycles. The van der Waals surface area contributed by atoms with Gasteiger partial charge in [0, 0.05) is 12.6 Å². The van der Waals surface area contributed by atoms with Gasteiger partial charge < -0.3 is 14.4 Å². The largest absolute Gasteiger partial charge is 0.460 e. The second kappa shape index (κ2) is 7.79. The molecule has 1 fully saturated rings. The monoisotopic (exact) mass is 353 g/mol. The number of ether oxygens (including phenoxy) is 2. The molecule has 0 spiro atoms. The molecule has 1 aliphatic heterocycles. The zero-order valence-corrected chi connectivity index (χ0v) is 17.0. The van der Waals surface area contributed by atoms with Gasteiger partial charge in [-0.2, -0.15) is 0 Å². The number of hydrogen-bond donors (Lipinski definition) is 0. The molecule has 2 atom stereocenters. The Bertz CT molecular complexity index is 501. The summed E-state index contributed by atoms with van der Waals surface area (Å²) in [6.07, 6.45) is 4.06. The van der Waals surface area contributed by atoms with E-state index >= 15 is 0 Å². The Morgan fingerprint density at radius 2 is 1.72 bits per heavy atom. The number of piperidine rings is 1. The normalized spacial score (nSPS) is 24.6. The van der Waals surface area contributed by atoms with Crippen LogP contribution < -0.4 is 0 Å². The van der Waals surface area contributed by atoms with E-state index in [1.165, 1.54) is 0 Å².